The molecule has 0 radical (unpaired) electrons. The van der Waals surface area contributed by atoms with Gasteiger partial charge < -0.3 is 34.7 Å². The smallest absolute Gasteiger partial charge is 0.408 e. The molecule has 0 spiro atoms. The minimum Gasteiger partial charge on any atom is -0.461 e. The van der Waals surface area contributed by atoms with Gasteiger partial charge in [-0.25, -0.2) is 14.5 Å². The minimum absolute atomic E-state index is 0.149. The van der Waals surface area contributed by atoms with Crippen molar-refractivity contribution in [3.8, 4) is 0 Å². The topological polar surface area (TPSA) is 166 Å². The molecule has 0 bridgehead atoms. The first-order chi connectivity index (χ1) is 14.3. The van der Waals surface area contributed by atoms with E-state index < -0.39 is 53.9 Å². The fraction of sp³-hybridized carbons (Fsp3) is 0.722. The highest BCUT2D eigenvalue weighted by atomic mass is 16.8. The van der Waals surface area contributed by atoms with E-state index in [-0.39, 0.29) is 19.0 Å². The SMILES string of the molecule is CC(C)(C)OC(=O)NCC(=O)OC[C@H]1O[C@@H](n2cnc(C(N)=O)n2)[C@@H]2OC(C)(C)O[C@@H]21. The molecule has 0 aliphatic carbocycles. The maximum absolute atomic E-state index is 12.0. The first kappa shape index (κ1) is 22.9. The number of carbonyl (C=O) groups excluding carboxylic acids is 3. The largest absolute Gasteiger partial charge is 0.461 e. The van der Waals surface area contributed by atoms with E-state index in [9.17, 15) is 14.4 Å². The lowest BCUT2D eigenvalue weighted by Crippen LogP contribution is -2.38. The fourth-order valence-corrected chi connectivity index (χ4v) is 3.20. The Labute approximate surface area is 178 Å². The number of ether oxygens (including phenoxy) is 5. The Morgan fingerprint density at radius 3 is 2.55 bits per heavy atom. The highest BCUT2D eigenvalue weighted by molar-refractivity contribution is 5.88. The summed E-state index contributed by atoms with van der Waals surface area (Å²) in [5.41, 5.74) is 4.51. The van der Waals surface area contributed by atoms with E-state index in [0.717, 1.165) is 0 Å². The number of aromatic nitrogens is 3. The molecule has 31 heavy (non-hydrogen) atoms. The van der Waals surface area contributed by atoms with Crippen LogP contribution in [0.5, 0.6) is 0 Å². The molecule has 3 heterocycles. The molecular weight excluding hydrogens is 414 g/mol. The van der Waals surface area contributed by atoms with Crippen molar-refractivity contribution in [1.29, 1.82) is 0 Å². The maximum Gasteiger partial charge on any atom is 0.408 e. The lowest BCUT2D eigenvalue weighted by atomic mass is 10.1. The number of nitrogens with one attached hydrogen (secondary N) is 1. The predicted molar refractivity (Wildman–Crippen MR) is 101 cm³/mol. The van der Waals surface area contributed by atoms with Gasteiger partial charge in [0.15, 0.2) is 12.0 Å². The molecule has 0 unspecified atom stereocenters. The van der Waals surface area contributed by atoms with Gasteiger partial charge in [-0.1, -0.05) is 0 Å². The highest BCUT2D eigenvalue weighted by Crippen LogP contribution is 2.42. The Kier molecular flexibility index (Phi) is 6.21. The molecule has 2 aliphatic rings. The van der Waals surface area contributed by atoms with E-state index in [1.807, 2.05) is 0 Å². The van der Waals surface area contributed by atoms with E-state index >= 15 is 0 Å². The van der Waals surface area contributed by atoms with Gasteiger partial charge >= 0.3 is 12.1 Å². The van der Waals surface area contributed by atoms with Crippen LogP contribution in [0.15, 0.2) is 6.33 Å². The van der Waals surface area contributed by atoms with Gasteiger partial charge in [-0.3, -0.25) is 9.59 Å². The molecule has 3 N–H and O–H groups in total. The molecule has 13 nitrogen and oxygen atoms in total. The summed E-state index contributed by atoms with van der Waals surface area (Å²) >= 11 is 0. The third kappa shape index (κ3) is 5.68. The van der Waals surface area contributed by atoms with Gasteiger partial charge in [0.05, 0.1) is 0 Å². The Morgan fingerprint density at radius 2 is 1.94 bits per heavy atom. The van der Waals surface area contributed by atoms with Crippen LogP contribution in [0.1, 0.15) is 51.5 Å². The van der Waals surface area contributed by atoms with Crippen molar-refractivity contribution in [2.75, 3.05) is 13.2 Å². The van der Waals surface area contributed by atoms with Gasteiger partial charge in [0.1, 0.15) is 43.4 Å². The summed E-state index contributed by atoms with van der Waals surface area (Å²) < 4.78 is 29.3. The van der Waals surface area contributed by atoms with Crippen LogP contribution in [0.4, 0.5) is 4.79 Å². The average molecular weight is 441 g/mol. The maximum atomic E-state index is 12.0. The van der Waals surface area contributed by atoms with Crippen LogP contribution in [-0.2, 0) is 28.5 Å². The number of amides is 2. The van der Waals surface area contributed by atoms with Crippen molar-refractivity contribution in [3.63, 3.8) is 0 Å². The minimum atomic E-state index is -0.898. The number of alkyl carbamates (subject to hydrolysis) is 1. The molecule has 172 valence electrons. The number of nitrogens with zero attached hydrogens (tertiary/aromatic N) is 3. The van der Waals surface area contributed by atoms with Gasteiger partial charge in [0.2, 0.25) is 5.82 Å². The van der Waals surface area contributed by atoms with E-state index in [1.54, 1.807) is 34.6 Å². The Bertz CT molecular complexity index is 848. The number of hydrogen-bond donors (Lipinski definition) is 2. The summed E-state index contributed by atoms with van der Waals surface area (Å²) in [7, 11) is 0. The third-order valence-electron chi connectivity index (χ3n) is 4.30. The monoisotopic (exact) mass is 441 g/mol. The van der Waals surface area contributed by atoms with Gasteiger partial charge in [-0.15, -0.1) is 5.10 Å². The van der Waals surface area contributed by atoms with E-state index in [2.05, 4.69) is 15.4 Å². The molecule has 2 saturated heterocycles. The molecule has 2 fully saturated rings. The van der Waals surface area contributed by atoms with Crippen molar-refractivity contribution < 1.29 is 38.1 Å². The second kappa shape index (κ2) is 8.40. The van der Waals surface area contributed by atoms with Crippen molar-refractivity contribution in [2.45, 2.75) is 70.5 Å². The van der Waals surface area contributed by atoms with E-state index in [1.165, 1.54) is 11.0 Å². The van der Waals surface area contributed by atoms with Crippen LogP contribution in [0.2, 0.25) is 0 Å². The van der Waals surface area contributed by atoms with Crippen LogP contribution in [0, 0.1) is 0 Å². The molecule has 0 saturated carbocycles. The predicted octanol–water partition coefficient (Wildman–Crippen LogP) is -0.138. The van der Waals surface area contributed by atoms with Crippen LogP contribution in [0.3, 0.4) is 0 Å². The van der Waals surface area contributed by atoms with E-state index in [4.69, 9.17) is 29.4 Å². The second-order valence-electron chi connectivity index (χ2n) is 8.58. The number of carbonyl (C=O) groups is 3. The van der Waals surface area contributed by atoms with Crippen molar-refractivity contribution in [3.05, 3.63) is 12.2 Å². The number of primary amides is 1. The summed E-state index contributed by atoms with van der Waals surface area (Å²) in [6.07, 6.45) is -2.02. The highest BCUT2D eigenvalue weighted by Gasteiger charge is 2.56. The Hall–Kier alpha value is -2.77. The van der Waals surface area contributed by atoms with Crippen LogP contribution in [0.25, 0.3) is 0 Å². The number of fused-ring (bicyclic) bond motifs is 1. The zero-order valence-electron chi connectivity index (χ0n) is 18.0. The van der Waals surface area contributed by atoms with Crippen molar-refractivity contribution in [1.82, 2.24) is 20.1 Å². The molecule has 3 rings (SSSR count). The normalized spacial score (nSPS) is 26.9. The number of rotatable bonds is 6. The van der Waals surface area contributed by atoms with Crippen molar-refractivity contribution >= 4 is 18.0 Å². The second-order valence-corrected chi connectivity index (χ2v) is 8.58. The molecule has 4 atom stereocenters. The summed E-state index contributed by atoms with van der Waals surface area (Å²) in [5.74, 6) is -2.52. The molecule has 2 aliphatic heterocycles. The van der Waals surface area contributed by atoms with E-state index in [0.29, 0.717) is 0 Å². The number of esters is 1. The number of hydrogen-bond acceptors (Lipinski definition) is 10. The zero-order chi connectivity index (χ0) is 23.0. The summed E-state index contributed by atoms with van der Waals surface area (Å²) in [5, 5.41) is 6.33. The Morgan fingerprint density at radius 1 is 1.26 bits per heavy atom. The van der Waals surface area contributed by atoms with Crippen LogP contribution in [-0.4, -0.2) is 75.6 Å². The zero-order valence-corrected chi connectivity index (χ0v) is 18.0. The van der Waals surface area contributed by atoms with Crippen LogP contribution >= 0.6 is 0 Å². The first-order valence-electron chi connectivity index (χ1n) is 9.69. The molecule has 1 aromatic rings. The average Bonchev–Trinajstić information content (AvgIpc) is 3.30. The quantitative estimate of drug-likeness (QED) is 0.567. The fourth-order valence-electron chi connectivity index (χ4n) is 3.20. The van der Waals surface area contributed by atoms with Gasteiger partial charge in [-0.05, 0) is 34.6 Å². The molecule has 2 amide bonds. The summed E-state index contributed by atoms with van der Waals surface area (Å²) in [6.45, 7) is 8.10. The van der Waals surface area contributed by atoms with Gasteiger partial charge in [0.25, 0.3) is 5.91 Å². The Balaban J connectivity index is 1.59. The summed E-state index contributed by atoms with van der Waals surface area (Å²) in [6, 6.07) is 0. The molecule has 13 heteroatoms. The summed E-state index contributed by atoms with van der Waals surface area (Å²) in [4.78, 5) is 38.8. The molecule has 0 aromatic carbocycles. The van der Waals surface area contributed by atoms with Crippen molar-refractivity contribution in [2.24, 2.45) is 5.73 Å². The molecular formula is C18H27N5O8. The van der Waals surface area contributed by atoms with Crippen LogP contribution < -0.4 is 11.1 Å². The lowest BCUT2D eigenvalue weighted by molar-refractivity contribution is -0.203. The standard InChI is InChI=1S/C18H27N5O8/c1-17(2,3)31-16(26)20-6-10(24)27-7-9-11-12(30-18(4,5)29-11)15(28-9)23-8-21-14(22-23)13(19)25/h8-9,11-12,15H,6-7H2,1-5H3,(H2,19,25)(H,20,26)/t9-,11-,12-,15-/m1/s1. The van der Waals surface area contributed by atoms with Gasteiger partial charge in [0, 0.05) is 0 Å². The molecule has 1 aromatic heterocycles. The first-order valence-corrected chi connectivity index (χ1v) is 9.69. The third-order valence-corrected chi connectivity index (χ3v) is 4.30. The number of nitrogens with two attached hydrogens (primary N) is 1. The van der Waals surface area contributed by atoms with Gasteiger partial charge in [-0.2, -0.15) is 0 Å². The lowest BCUT2D eigenvalue weighted by Gasteiger charge is -2.24.